The number of aromatic nitrogens is 1. The summed E-state index contributed by atoms with van der Waals surface area (Å²) in [5, 5.41) is -0.663. The molecule has 5 heteroatoms. The van der Waals surface area contributed by atoms with Crippen molar-refractivity contribution in [2.75, 3.05) is 0 Å². The van der Waals surface area contributed by atoms with Crippen LogP contribution in [-0.2, 0) is 6.42 Å². The molecule has 1 unspecified atom stereocenters. The molecule has 1 nitrogen and oxygen atoms in total. The van der Waals surface area contributed by atoms with E-state index in [4.69, 9.17) is 11.6 Å². The fraction of sp³-hybridized carbons (Fsp3) is 0.154. The van der Waals surface area contributed by atoms with Crippen molar-refractivity contribution in [3.63, 3.8) is 0 Å². The van der Waals surface area contributed by atoms with Crippen LogP contribution in [0.25, 0.3) is 0 Å². The second kappa shape index (κ2) is 5.40. The summed E-state index contributed by atoms with van der Waals surface area (Å²) in [5.74, 6) is -3.96. The maximum Gasteiger partial charge on any atom is 0.194 e. The van der Waals surface area contributed by atoms with Gasteiger partial charge in [0.05, 0.1) is 5.38 Å². The van der Waals surface area contributed by atoms with Gasteiger partial charge in [-0.3, -0.25) is 4.98 Å². The van der Waals surface area contributed by atoms with Crippen LogP contribution in [0.2, 0.25) is 0 Å². The highest BCUT2D eigenvalue weighted by Crippen LogP contribution is 2.26. The van der Waals surface area contributed by atoms with Gasteiger partial charge >= 0.3 is 0 Å². The summed E-state index contributed by atoms with van der Waals surface area (Å²) >= 11 is 6.04. The Labute approximate surface area is 107 Å². The predicted molar refractivity (Wildman–Crippen MR) is 62.9 cm³/mol. The Bertz CT molecular complexity index is 522. The summed E-state index contributed by atoms with van der Waals surface area (Å²) in [6.45, 7) is 0. The average Bonchev–Trinajstić information content (AvgIpc) is 2.36. The van der Waals surface area contributed by atoms with Crippen molar-refractivity contribution >= 4 is 11.6 Å². The van der Waals surface area contributed by atoms with E-state index in [9.17, 15) is 13.2 Å². The minimum atomic E-state index is -1.49. The zero-order valence-corrected chi connectivity index (χ0v) is 9.96. The van der Waals surface area contributed by atoms with E-state index in [0.29, 0.717) is 12.1 Å². The molecular formula is C13H9ClF3N. The first-order valence-electron chi connectivity index (χ1n) is 5.26. The maximum absolute atomic E-state index is 13.0. The van der Waals surface area contributed by atoms with E-state index in [1.165, 1.54) is 0 Å². The maximum atomic E-state index is 13.0. The van der Waals surface area contributed by atoms with Crippen molar-refractivity contribution in [2.24, 2.45) is 0 Å². The lowest BCUT2D eigenvalue weighted by molar-refractivity contribution is 0.445. The first kappa shape index (κ1) is 12.9. The van der Waals surface area contributed by atoms with E-state index < -0.39 is 22.8 Å². The largest absolute Gasteiger partial charge is 0.261 e. The number of rotatable bonds is 3. The van der Waals surface area contributed by atoms with Crippen molar-refractivity contribution in [2.45, 2.75) is 11.8 Å². The van der Waals surface area contributed by atoms with Gasteiger partial charge in [0, 0.05) is 18.3 Å². The van der Waals surface area contributed by atoms with Gasteiger partial charge in [-0.2, -0.15) is 0 Å². The van der Waals surface area contributed by atoms with Crippen molar-refractivity contribution in [3.8, 4) is 0 Å². The molecule has 1 atom stereocenters. The quantitative estimate of drug-likeness (QED) is 0.607. The fourth-order valence-electron chi connectivity index (χ4n) is 1.58. The van der Waals surface area contributed by atoms with E-state index >= 15 is 0 Å². The molecule has 18 heavy (non-hydrogen) atoms. The molecule has 0 bridgehead atoms. The second-order valence-electron chi connectivity index (χ2n) is 3.79. The van der Waals surface area contributed by atoms with Gasteiger partial charge in [0.15, 0.2) is 17.5 Å². The van der Waals surface area contributed by atoms with Crippen LogP contribution in [0.3, 0.4) is 0 Å². The van der Waals surface area contributed by atoms with Gasteiger partial charge in [0.2, 0.25) is 0 Å². The van der Waals surface area contributed by atoms with Crippen LogP contribution >= 0.6 is 11.6 Å². The molecule has 0 radical (unpaired) electrons. The lowest BCUT2D eigenvalue weighted by atomic mass is 10.1. The molecule has 1 aromatic heterocycles. The number of halogens is 4. The molecule has 0 saturated heterocycles. The van der Waals surface area contributed by atoms with Gasteiger partial charge in [-0.05, 0) is 29.8 Å². The Kier molecular flexibility index (Phi) is 3.87. The lowest BCUT2D eigenvalue weighted by Gasteiger charge is -2.10. The summed E-state index contributed by atoms with van der Waals surface area (Å²) in [4.78, 5) is 4.06. The summed E-state index contributed by atoms with van der Waals surface area (Å²) in [6.07, 6.45) is 1.91. The zero-order chi connectivity index (χ0) is 13.1. The summed E-state index contributed by atoms with van der Waals surface area (Å²) in [6, 6.07) is 7.10. The lowest BCUT2D eigenvalue weighted by Crippen LogP contribution is -2.01. The van der Waals surface area contributed by atoms with Gasteiger partial charge in [0.1, 0.15) is 0 Å². The minimum Gasteiger partial charge on any atom is -0.261 e. The molecule has 0 saturated carbocycles. The third kappa shape index (κ3) is 2.82. The first-order chi connectivity index (χ1) is 8.58. The summed E-state index contributed by atoms with van der Waals surface area (Å²) < 4.78 is 38.9. The minimum absolute atomic E-state index is 0.193. The van der Waals surface area contributed by atoms with Gasteiger partial charge in [0.25, 0.3) is 0 Å². The molecule has 0 N–H and O–H groups in total. The zero-order valence-electron chi connectivity index (χ0n) is 9.21. The van der Waals surface area contributed by atoms with E-state index in [1.54, 1.807) is 24.4 Å². The normalized spacial score (nSPS) is 12.4. The number of hydrogen-bond donors (Lipinski definition) is 0. The molecule has 0 aliphatic heterocycles. The molecule has 0 fully saturated rings. The monoisotopic (exact) mass is 271 g/mol. The molecule has 0 spiro atoms. The van der Waals surface area contributed by atoms with E-state index in [2.05, 4.69) is 4.98 Å². The first-order valence-corrected chi connectivity index (χ1v) is 5.70. The Hall–Kier alpha value is -1.55. The highest BCUT2D eigenvalue weighted by Gasteiger charge is 2.16. The van der Waals surface area contributed by atoms with Crippen LogP contribution in [0.15, 0.2) is 36.5 Å². The number of nitrogens with zero attached hydrogens (tertiary/aromatic N) is 1. The number of benzene rings is 1. The summed E-state index contributed by atoms with van der Waals surface area (Å²) in [7, 11) is 0. The molecular weight excluding hydrogens is 263 g/mol. The van der Waals surface area contributed by atoms with Gasteiger partial charge in [-0.25, -0.2) is 13.2 Å². The SMILES string of the molecule is Fc1cc(C(Cl)Cc2ccccn2)cc(F)c1F. The molecule has 0 aliphatic rings. The van der Waals surface area contributed by atoms with Crippen LogP contribution in [0.1, 0.15) is 16.6 Å². The molecule has 2 aromatic rings. The summed E-state index contributed by atoms with van der Waals surface area (Å²) in [5.41, 5.74) is 0.890. The van der Waals surface area contributed by atoms with Gasteiger partial charge in [-0.15, -0.1) is 11.6 Å². The van der Waals surface area contributed by atoms with Crippen LogP contribution < -0.4 is 0 Å². The number of alkyl halides is 1. The smallest absolute Gasteiger partial charge is 0.194 e. The van der Waals surface area contributed by atoms with Crippen molar-refractivity contribution in [3.05, 3.63) is 65.2 Å². The van der Waals surface area contributed by atoms with Crippen LogP contribution in [0.4, 0.5) is 13.2 Å². The Morgan fingerprint density at radius 1 is 1.11 bits per heavy atom. The Balaban J connectivity index is 2.22. The molecule has 0 amide bonds. The topological polar surface area (TPSA) is 12.9 Å². The third-order valence-corrected chi connectivity index (χ3v) is 2.89. The van der Waals surface area contributed by atoms with E-state index in [0.717, 1.165) is 12.1 Å². The highest BCUT2D eigenvalue weighted by atomic mass is 35.5. The number of hydrogen-bond acceptors (Lipinski definition) is 1. The molecule has 1 heterocycles. The highest BCUT2D eigenvalue weighted by molar-refractivity contribution is 6.20. The molecule has 2 rings (SSSR count). The van der Waals surface area contributed by atoms with E-state index in [-0.39, 0.29) is 5.56 Å². The van der Waals surface area contributed by atoms with Crippen molar-refractivity contribution < 1.29 is 13.2 Å². The predicted octanol–water partition coefficient (Wildman–Crippen LogP) is 4.02. The third-order valence-electron chi connectivity index (χ3n) is 2.48. The molecule has 0 aliphatic carbocycles. The van der Waals surface area contributed by atoms with E-state index in [1.807, 2.05) is 0 Å². The average molecular weight is 272 g/mol. The Morgan fingerprint density at radius 2 is 1.78 bits per heavy atom. The Morgan fingerprint density at radius 3 is 2.33 bits per heavy atom. The van der Waals surface area contributed by atoms with Crippen molar-refractivity contribution in [1.29, 1.82) is 0 Å². The van der Waals surface area contributed by atoms with Crippen LogP contribution in [-0.4, -0.2) is 4.98 Å². The second-order valence-corrected chi connectivity index (χ2v) is 4.32. The van der Waals surface area contributed by atoms with Crippen LogP contribution in [0.5, 0.6) is 0 Å². The van der Waals surface area contributed by atoms with Crippen molar-refractivity contribution in [1.82, 2.24) is 4.98 Å². The molecule has 94 valence electrons. The van der Waals surface area contributed by atoms with Crippen LogP contribution in [0, 0.1) is 17.5 Å². The fourth-order valence-corrected chi connectivity index (χ4v) is 1.86. The number of pyridine rings is 1. The van der Waals surface area contributed by atoms with Gasteiger partial charge < -0.3 is 0 Å². The van der Waals surface area contributed by atoms with Gasteiger partial charge in [-0.1, -0.05) is 6.07 Å². The molecule has 1 aromatic carbocycles. The standard InChI is InChI=1S/C13H9ClF3N/c14-10(7-9-3-1-2-4-18-9)8-5-11(15)13(17)12(16)6-8/h1-6,10H,7H2.